The summed E-state index contributed by atoms with van der Waals surface area (Å²) in [6.45, 7) is 11.6. The molecule has 0 aliphatic carbocycles. The van der Waals surface area contributed by atoms with Crippen LogP contribution in [-0.4, -0.2) is 56.6 Å². The van der Waals surface area contributed by atoms with Crippen molar-refractivity contribution in [2.45, 2.75) is 40.5 Å². The number of nitrogens with zero attached hydrogens (tertiary/aromatic N) is 6. The highest BCUT2D eigenvalue weighted by atomic mass is 16.2. The third-order valence-electron chi connectivity index (χ3n) is 5.90. The number of aryl methyl sites for hydroxylation is 4. The number of fused-ring (bicyclic) bond motifs is 1. The molecule has 1 aliphatic heterocycles. The molecule has 7 heteroatoms. The number of rotatable bonds is 4. The Labute approximate surface area is 171 Å². The molecule has 0 bridgehead atoms. The van der Waals surface area contributed by atoms with Crippen LogP contribution in [0.1, 0.15) is 34.5 Å². The van der Waals surface area contributed by atoms with Crippen LogP contribution in [0, 0.1) is 27.7 Å². The molecule has 2 aromatic heterocycles. The van der Waals surface area contributed by atoms with Gasteiger partial charge in [-0.25, -0.2) is 9.50 Å². The molecule has 1 amide bonds. The molecule has 0 saturated carbocycles. The van der Waals surface area contributed by atoms with Crippen molar-refractivity contribution in [1.82, 2.24) is 24.5 Å². The van der Waals surface area contributed by atoms with Crippen molar-refractivity contribution in [1.29, 1.82) is 0 Å². The maximum absolute atomic E-state index is 12.8. The summed E-state index contributed by atoms with van der Waals surface area (Å²) in [7, 11) is 0. The minimum atomic E-state index is 0.211. The van der Waals surface area contributed by atoms with Gasteiger partial charge in [0.15, 0.2) is 0 Å². The van der Waals surface area contributed by atoms with Gasteiger partial charge >= 0.3 is 0 Å². The Hall–Kier alpha value is -2.96. The van der Waals surface area contributed by atoms with Crippen molar-refractivity contribution < 1.29 is 4.79 Å². The summed E-state index contributed by atoms with van der Waals surface area (Å²) in [5, 5.41) is 4.23. The third kappa shape index (κ3) is 3.81. The van der Waals surface area contributed by atoms with Gasteiger partial charge < -0.3 is 9.80 Å². The number of amides is 1. The van der Waals surface area contributed by atoms with Gasteiger partial charge in [-0.05, 0) is 51.3 Å². The zero-order chi connectivity index (χ0) is 20.5. The zero-order valence-electron chi connectivity index (χ0n) is 17.6. The van der Waals surface area contributed by atoms with E-state index in [2.05, 4.69) is 52.0 Å². The van der Waals surface area contributed by atoms with Crippen molar-refractivity contribution in [2.75, 3.05) is 31.1 Å². The fourth-order valence-corrected chi connectivity index (χ4v) is 4.26. The number of carbonyl (C=O) groups excluding carboxylic acids is 1. The molecule has 152 valence electrons. The van der Waals surface area contributed by atoms with Crippen LogP contribution in [0.4, 0.5) is 5.69 Å². The molecule has 7 nitrogen and oxygen atoms in total. The Morgan fingerprint density at radius 3 is 2.55 bits per heavy atom. The highest BCUT2D eigenvalue weighted by Crippen LogP contribution is 2.23. The first-order chi connectivity index (χ1) is 13.9. The van der Waals surface area contributed by atoms with E-state index in [1.807, 2.05) is 18.7 Å². The molecule has 1 fully saturated rings. The molecule has 1 aliphatic rings. The van der Waals surface area contributed by atoms with E-state index in [4.69, 9.17) is 0 Å². The van der Waals surface area contributed by atoms with Gasteiger partial charge in [0, 0.05) is 49.7 Å². The predicted octanol–water partition coefficient (Wildman–Crippen LogP) is 2.64. The Morgan fingerprint density at radius 2 is 1.83 bits per heavy atom. The first-order valence-corrected chi connectivity index (χ1v) is 10.2. The molecule has 0 unspecified atom stereocenters. The first-order valence-electron chi connectivity index (χ1n) is 10.2. The van der Waals surface area contributed by atoms with E-state index >= 15 is 0 Å². The summed E-state index contributed by atoms with van der Waals surface area (Å²) in [6, 6.07) is 6.57. The highest BCUT2D eigenvalue weighted by Gasteiger charge is 2.22. The lowest BCUT2D eigenvalue weighted by Gasteiger charge is -2.37. The fourth-order valence-electron chi connectivity index (χ4n) is 4.26. The minimum absolute atomic E-state index is 0.211. The Balaban J connectivity index is 1.37. The van der Waals surface area contributed by atoms with Gasteiger partial charge in [-0.3, -0.25) is 4.79 Å². The number of anilines is 1. The largest absolute Gasteiger partial charge is 0.368 e. The Morgan fingerprint density at radius 1 is 1.07 bits per heavy atom. The molecule has 4 rings (SSSR count). The molecule has 3 aromatic rings. The van der Waals surface area contributed by atoms with E-state index in [1.165, 1.54) is 23.1 Å². The SMILES string of the molecule is Cc1ccc(N2CCN(C(=O)CCc3c(C)nc4ncnn4c3C)CC2)c(C)c1. The molecule has 1 saturated heterocycles. The Bertz CT molecular complexity index is 1050. The zero-order valence-corrected chi connectivity index (χ0v) is 17.6. The summed E-state index contributed by atoms with van der Waals surface area (Å²) in [5.74, 6) is 0.820. The smallest absolute Gasteiger partial charge is 0.252 e. The van der Waals surface area contributed by atoms with E-state index in [-0.39, 0.29) is 5.91 Å². The predicted molar refractivity (Wildman–Crippen MR) is 113 cm³/mol. The number of benzene rings is 1. The van der Waals surface area contributed by atoms with Crippen LogP contribution in [0.3, 0.4) is 0 Å². The Kier molecular flexibility index (Phi) is 5.22. The average Bonchev–Trinajstić information content (AvgIpc) is 3.16. The molecule has 1 aromatic carbocycles. The summed E-state index contributed by atoms with van der Waals surface area (Å²) >= 11 is 0. The topological polar surface area (TPSA) is 66.6 Å². The molecule has 0 radical (unpaired) electrons. The average molecular weight is 393 g/mol. The highest BCUT2D eigenvalue weighted by molar-refractivity contribution is 5.77. The monoisotopic (exact) mass is 392 g/mol. The summed E-state index contributed by atoms with van der Waals surface area (Å²) in [5.41, 5.74) is 6.88. The van der Waals surface area contributed by atoms with Crippen LogP contribution in [0.5, 0.6) is 0 Å². The number of hydrogen-bond acceptors (Lipinski definition) is 5. The van der Waals surface area contributed by atoms with Crippen LogP contribution >= 0.6 is 0 Å². The second-order valence-electron chi connectivity index (χ2n) is 7.89. The van der Waals surface area contributed by atoms with Crippen LogP contribution in [0.2, 0.25) is 0 Å². The van der Waals surface area contributed by atoms with Crippen molar-refractivity contribution in [2.24, 2.45) is 0 Å². The van der Waals surface area contributed by atoms with Gasteiger partial charge in [0.2, 0.25) is 5.91 Å². The normalized spacial score (nSPS) is 14.6. The van der Waals surface area contributed by atoms with E-state index in [0.29, 0.717) is 18.6 Å². The lowest BCUT2D eigenvalue weighted by molar-refractivity contribution is -0.131. The van der Waals surface area contributed by atoms with Gasteiger partial charge in [-0.15, -0.1) is 0 Å². The second-order valence-corrected chi connectivity index (χ2v) is 7.89. The van der Waals surface area contributed by atoms with Crippen LogP contribution in [0.25, 0.3) is 5.78 Å². The number of hydrogen-bond donors (Lipinski definition) is 0. The van der Waals surface area contributed by atoms with Gasteiger partial charge in [0.05, 0.1) is 0 Å². The molecule has 0 atom stereocenters. The molecular formula is C22H28N6O. The maximum atomic E-state index is 12.8. The number of piperazine rings is 1. The second kappa shape index (κ2) is 7.81. The third-order valence-corrected chi connectivity index (χ3v) is 5.90. The van der Waals surface area contributed by atoms with Gasteiger partial charge in [0.1, 0.15) is 6.33 Å². The van der Waals surface area contributed by atoms with E-state index in [0.717, 1.165) is 43.1 Å². The fraction of sp³-hybridized carbons (Fsp3) is 0.455. The van der Waals surface area contributed by atoms with E-state index in [1.54, 1.807) is 4.52 Å². The molecule has 29 heavy (non-hydrogen) atoms. The lowest BCUT2D eigenvalue weighted by Crippen LogP contribution is -2.49. The van der Waals surface area contributed by atoms with Crippen molar-refractivity contribution in [3.05, 3.63) is 52.6 Å². The number of carbonyl (C=O) groups is 1. The van der Waals surface area contributed by atoms with Crippen molar-refractivity contribution in [3.63, 3.8) is 0 Å². The van der Waals surface area contributed by atoms with E-state index < -0.39 is 0 Å². The quantitative estimate of drug-likeness (QED) is 0.683. The molecule has 3 heterocycles. The van der Waals surface area contributed by atoms with E-state index in [9.17, 15) is 4.79 Å². The summed E-state index contributed by atoms with van der Waals surface area (Å²) < 4.78 is 1.75. The van der Waals surface area contributed by atoms with Gasteiger partial charge in [-0.2, -0.15) is 10.1 Å². The lowest BCUT2D eigenvalue weighted by atomic mass is 10.1. The minimum Gasteiger partial charge on any atom is -0.368 e. The molecule has 0 spiro atoms. The molecular weight excluding hydrogens is 364 g/mol. The summed E-state index contributed by atoms with van der Waals surface area (Å²) in [6.07, 6.45) is 2.68. The van der Waals surface area contributed by atoms with Gasteiger partial charge in [0.25, 0.3) is 5.78 Å². The number of aromatic nitrogens is 4. The standard InChI is InChI=1S/C22H28N6O/c1-15-5-7-20(16(2)13-15)26-9-11-27(12-10-26)21(29)8-6-19-17(3)25-22-23-14-24-28(22)18(19)4/h5,7,13-14H,6,8-12H2,1-4H3. The maximum Gasteiger partial charge on any atom is 0.252 e. The molecule has 0 N–H and O–H groups in total. The van der Waals surface area contributed by atoms with Gasteiger partial charge in [-0.1, -0.05) is 17.7 Å². The summed E-state index contributed by atoms with van der Waals surface area (Å²) in [4.78, 5) is 25.8. The van der Waals surface area contributed by atoms with Crippen LogP contribution in [0.15, 0.2) is 24.5 Å². The van der Waals surface area contributed by atoms with Crippen LogP contribution < -0.4 is 4.90 Å². The van der Waals surface area contributed by atoms with Crippen LogP contribution in [-0.2, 0) is 11.2 Å². The van der Waals surface area contributed by atoms with Crippen molar-refractivity contribution in [3.8, 4) is 0 Å². The van der Waals surface area contributed by atoms with Crippen molar-refractivity contribution >= 4 is 17.4 Å². The first kappa shape index (κ1) is 19.4.